The number of amides is 1. The Morgan fingerprint density at radius 2 is 1.82 bits per heavy atom. The van der Waals surface area contributed by atoms with Crippen LogP contribution in [0.25, 0.3) is 0 Å². The van der Waals surface area contributed by atoms with Crippen molar-refractivity contribution in [3.8, 4) is 0 Å². The summed E-state index contributed by atoms with van der Waals surface area (Å²) in [5, 5.41) is 0. The Morgan fingerprint density at radius 1 is 1.07 bits per heavy atom. The Hall–Kier alpha value is -2.24. The SMILES string of the molecule is O=C(c1ccccc1)N(CC1CC1)CC1CN(Cc2ccc(F)cc2)CCO1. The number of hydrogen-bond donors (Lipinski definition) is 0. The van der Waals surface area contributed by atoms with Crippen molar-refractivity contribution >= 4 is 5.91 Å². The predicted octanol–water partition coefficient (Wildman–Crippen LogP) is 3.58. The molecule has 1 atom stereocenters. The van der Waals surface area contributed by atoms with Crippen molar-refractivity contribution < 1.29 is 13.9 Å². The summed E-state index contributed by atoms with van der Waals surface area (Å²) in [5.74, 6) is 0.511. The molecule has 2 aromatic carbocycles. The number of ether oxygens (including phenoxy) is 1. The molecule has 0 spiro atoms. The van der Waals surface area contributed by atoms with Crippen LogP contribution in [0.4, 0.5) is 4.39 Å². The van der Waals surface area contributed by atoms with E-state index in [0.717, 1.165) is 37.3 Å². The Balaban J connectivity index is 1.38. The molecule has 4 nitrogen and oxygen atoms in total. The topological polar surface area (TPSA) is 32.8 Å². The minimum absolute atomic E-state index is 0.000565. The second-order valence-electron chi connectivity index (χ2n) is 7.87. The first kappa shape index (κ1) is 19.1. The van der Waals surface area contributed by atoms with Crippen LogP contribution in [0.2, 0.25) is 0 Å². The summed E-state index contributed by atoms with van der Waals surface area (Å²) in [4.78, 5) is 17.3. The normalized spacial score (nSPS) is 20.1. The monoisotopic (exact) mass is 382 g/mol. The fourth-order valence-corrected chi connectivity index (χ4v) is 3.74. The largest absolute Gasteiger partial charge is 0.374 e. The van der Waals surface area contributed by atoms with E-state index in [9.17, 15) is 9.18 Å². The smallest absolute Gasteiger partial charge is 0.253 e. The van der Waals surface area contributed by atoms with Crippen LogP contribution in [0.3, 0.4) is 0 Å². The molecular formula is C23H27FN2O2. The van der Waals surface area contributed by atoms with E-state index in [1.165, 1.54) is 25.0 Å². The van der Waals surface area contributed by atoms with E-state index in [4.69, 9.17) is 4.74 Å². The molecule has 28 heavy (non-hydrogen) atoms. The quantitative estimate of drug-likeness (QED) is 0.734. The molecule has 1 amide bonds. The van der Waals surface area contributed by atoms with Gasteiger partial charge in [-0.1, -0.05) is 30.3 Å². The van der Waals surface area contributed by atoms with Crippen LogP contribution >= 0.6 is 0 Å². The van der Waals surface area contributed by atoms with Gasteiger partial charge in [0, 0.05) is 38.3 Å². The number of carbonyl (C=O) groups is 1. The molecule has 1 aliphatic heterocycles. The van der Waals surface area contributed by atoms with Crippen LogP contribution in [0.1, 0.15) is 28.8 Å². The molecule has 148 valence electrons. The first-order chi connectivity index (χ1) is 13.7. The number of halogens is 1. The molecule has 1 saturated carbocycles. The highest BCUT2D eigenvalue weighted by molar-refractivity contribution is 5.94. The first-order valence-electron chi connectivity index (χ1n) is 10.1. The van der Waals surface area contributed by atoms with E-state index in [2.05, 4.69) is 4.90 Å². The maximum absolute atomic E-state index is 13.1. The molecule has 1 heterocycles. The molecule has 0 N–H and O–H groups in total. The van der Waals surface area contributed by atoms with Crippen molar-refractivity contribution in [1.29, 1.82) is 0 Å². The lowest BCUT2D eigenvalue weighted by atomic mass is 10.1. The van der Waals surface area contributed by atoms with Gasteiger partial charge in [-0.05, 0) is 48.6 Å². The van der Waals surface area contributed by atoms with Crippen molar-refractivity contribution in [2.24, 2.45) is 5.92 Å². The number of morpholine rings is 1. The van der Waals surface area contributed by atoms with Crippen molar-refractivity contribution in [3.05, 3.63) is 71.5 Å². The standard InChI is InChI=1S/C23H27FN2O2/c24-21-10-8-18(9-11-21)14-25-12-13-28-22(16-25)17-26(15-19-6-7-19)23(27)20-4-2-1-3-5-20/h1-5,8-11,19,22H,6-7,12-17H2. The maximum atomic E-state index is 13.1. The first-order valence-corrected chi connectivity index (χ1v) is 10.1. The summed E-state index contributed by atoms with van der Waals surface area (Å²) in [7, 11) is 0. The van der Waals surface area contributed by atoms with Gasteiger partial charge in [0.15, 0.2) is 0 Å². The highest BCUT2D eigenvalue weighted by Gasteiger charge is 2.30. The maximum Gasteiger partial charge on any atom is 0.253 e. The fraction of sp³-hybridized carbons (Fsp3) is 0.435. The summed E-state index contributed by atoms with van der Waals surface area (Å²) in [6.45, 7) is 4.48. The van der Waals surface area contributed by atoms with Gasteiger partial charge >= 0.3 is 0 Å². The Kier molecular flexibility index (Phi) is 6.03. The average molecular weight is 382 g/mol. The van der Waals surface area contributed by atoms with E-state index in [0.29, 0.717) is 19.1 Å². The molecule has 0 radical (unpaired) electrons. The molecule has 0 bridgehead atoms. The predicted molar refractivity (Wildman–Crippen MR) is 106 cm³/mol. The molecule has 2 fully saturated rings. The highest BCUT2D eigenvalue weighted by atomic mass is 19.1. The fourth-order valence-electron chi connectivity index (χ4n) is 3.74. The molecule has 2 aliphatic rings. The van der Waals surface area contributed by atoms with Crippen molar-refractivity contribution in [1.82, 2.24) is 9.80 Å². The zero-order valence-corrected chi connectivity index (χ0v) is 16.1. The van der Waals surface area contributed by atoms with Gasteiger partial charge in [0.05, 0.1) is 12.7 Å². The van der Waals surface area contributed by atoms with Crippen LogP contribution in [-0.2, 0) is 11.3 Å². The molecular weight excluding hydrogens is 355 g/mol. The van der Waals surface area contributed by atoms with Crippen molar-refractivity contribution in [2.45, 2.75) is 25.5 Å². The van der Waals surface area contributed by atoms with Gasteiger partial charge < -0.3 is 9.64 Å². The van der Waals surface area contributed by atoms with Gasteiger partial charge in [0.1, 0.15) is 5.82 Å². The minimum Gasteiger partial charge on any atom is -0.374 e. The molecule has 5 heteroatoms. The van der Waals surface area contributed by atoms with Crippen molar-refractivity contribution in [3.63, 3.8) is 0 Å². The third kappa shape index (κ3) is 5.18. The summed E-state index contributed by atoms with van der Waals surface area (Å²) in [5.41, 5.74) is 1.83. The third-order valence-corrected chi connectivity index (χ3v) is 5.45. The molecule has 1 unspecified atom stereocenters. The van der Waals surface area contributed by atoms with Crippen LogP contribution in [0.5, 0.6) is 0 Å². The average Bonchev–Trinajstić information content (AvgIpc) is 3.54. The number of carbonyl (C=O) groups excluding carboxylic acids is 1. The molecule has 1 aliphatic carbocycles. The van der Waals surface area contributed by atoms with E-state index in [-0.39, 0.29) is 17.8 Å². The van der Waals surface area contributed by atoms with Crippen LogP contribution < -0.4 is 0 Å². The van der Waals surface area contributed by atoms with E-state index in [1.807, 2.05) is 47.4 Å². The number of hydrogen-bond acceptors (Lipinski definition) is 3. The Bertz CT molecular complexity index is 777. The molecule has 4 rings (SSSR count). The Morgan fingerprint density at radius 3 is 2.54 bits per heavy atom. The van der Waals surface area contributed by atoms with E-state index >= 15 is 0 Å². The summed E-state index contributed by atoms with van der Waals surface area (Å²) >= 11 is 0. The number of rotatable bonds is 7. The lowest BCUT2D eigenvalue weighted by molar-refractivity contribution is -0.0433. The molecule has 0 aromatic heterocycles. The Labute approximate surface area is 165 Å². The van der Waals surface area contributed by atoms with Gasteiger partial charge in [0.25, 0.3) is 5.91 Å². The van der Waals surface area contributed by atoms with Crippen molar-refractivity contribution in [2.75, 3.05) is 32.8 Å². The number of benzene rings is 2. The van der Waals surface area contributed by atoms with Gasteiger partial charge in [-0.25, -0.2) is 4.39 Å². The van der Waals surface area contributed by atoms with Crippen LogP contribution in [-0.4, -0.2) is 54.6 Å². The summed E-state index contributed by atoms with van der Waals surface area (Å²) in [6, 6.07) is 16.2. The van der Waals surface area contributed by atoms with Crippen LogP contribution in [0, 0.1) is 11.7 Å². The van der Waals surface area contributed by atoms with Gasteiger partial charge in [-0.3, -0.25) is 9.69 Å². The van der Waals surface area contributed by atoms with E-state index in [1.54, 1.807) is 0 Å². The van der Waals surface area contributed by atoms with Crippen LogP contribution in [0.15, 0.2) is 54.6 Å². The minimum atomic E-state index is -0.209. The second kappa shape index (κ2) is 8.84. The lowest BCUT2D eigenvalue weighted by Gasteiger charge is -2.36. The van der Waals surface area contributed by atoms with Gasteiger partial charge in [-0.15, -0.1) is 0 Å². The van der Waals surface area contributed by atoms with Gasteiger partial charge in [0.2, 0.25) is 0 Å². The zero-order valence-electron chi connectivity index (χ0n) is 16.1. The van der Waals surface area contributed by atoms with Gasteiger partial charge in [-0.2, -0.15) is 0 Å². The third-order valence-electron chi connectivity index (χ3n) is 5.45. The highest BCUT2D eigenvalue weighted by Crippen LogP contribution is 2.30. The van der Waals surface area contributed by atoms with E-state index < -0.39 is 0 Å². The summed E-state index contributed by atoms with van der Waals surface area (Å²) in [6.07, 6.45) is 2.42. The zero-order chi connectivity index (χ0) is 19.3. The number of nitrogens with zero attached hydrogens (tertiary/aromatic N) is 2. The molecule has 2 aromatic rings. The molecule has 1 saturated heterocycles. The second-order valence-corrected chi connectivity index (χ2v) is 7.87. The lowest BCUT2D eigenvalue weighted by Crippen LogP contribution is -2.49. The summed E-state index contributed by atoms with van der Waals surface area (Å²) < 4.78 is 19.1.